The van der Waals surface area contributed by atoms with E-state index < -0.39 is 5.60 Å². The molecular formula is C27H43IO7. The molecule has 7 nitrogen and oxygen atoms in total. The molecule has 1 aromatic carbocycles. The molecule has 0 radical (unpaired) electrons. The van der Waals surface area contributed by atoms with Crippen molar-refractivity contribution in [2.24, 2.45) is 5.41 Å². The molecule has 0 aliphatic carbocycles. The second kappa shape index (κ2) is 13.5. The van der Waals surface area contributed by atoms with Crippen LogP contribution in [0.2, 0.25) is 0 Å². The number of rotatable bonds is 11. The van der Waals surface area contributed by atoms with E-state index in [0.29, 0.717) is 38.9 Å². The maximum atomic E-state index is 11.4. The highest BCUT2D eigenvalue weighted by atomic mass is 127. The first-order valence-corrected chi connectivity index (χ1v) is 14.3. The molecule has 2 aliphatic heterocycles. The third-order valence-electron chi connectivity index (χ3n) is 6.54. The van der Waals surface area contributed by atoms with Crippen molar-refractivity contribution in [3.05, 3.63) is 35.9 Å². The van der Waals surface area contributed by atoms with Crippen molar-refractivity contribution < 1.29 is 33.9 Å². The first-order chi connectivity index (χ1) is 16.6. The highest BCUT2D eigenvalue weighted by Crippen LogP contribution is 2.36. The minimum absolute atomic E-state index is 0.0181. The van der Waals surface area contributed by atoms with Gasteiger partial charge >= 0.3 is 0 Å². The van der Waals surface area contributed by atoms with Crippen LogP contribution in [0.1, 0.15) is 65.4 Å². The average Bonchev–Trinajstić information content (AvgIpc) is 2.81. The van der Waals surface area contributed by atoms with Gasteiger partial charge in [-0.05, 0) is 18.9 Å². The molecule has 7 atom stereocenters. The zero-order valence-corrected chi connectivity index (χ0v) is 23.7. The number of alkyl halides is 1. The monoisotopic (exact) mass is 606 g/mol. The zero-order chi connectivity index (χ0) is 25.5. The number of hydrogen-bond donors (Lipinski definition) is 2. The fourth-order valence-electron chi connectivity index (χ4n) is 4.76. The summed E-state index contributed by atoms with van der Waals surface area (Å²) in [6, 6.07) is 10.1. The first kappa shape index (κ1) is 29.2. The predicted molar refractivity (Wildman–Crippen MR) is 142 cm³/mol. The van der Waals surface area contributed by atoms with E-state index in [9.17, 15) is 10.2 Å². The van der Waals surface area contributed by atoms with Crippen molar-refractivity contribution in [1.29, 1.82) is 0 Å². The molecule has 0 amide bonds. The van der Waals surface area contributed by atoms with Gasteiger partial charge in [0, 0.05) is 42.1 Å². The van der Waals surface area contributed by atoms with Crippen molar-refractivity contribution in [3.63, 3.8) is 0 Å². The Morgan fingerprint density at radius 3 is 2.17 bits per heavy atom. The third-order valence-corrected chi connectivity index (χ3v) is 7.52. The maximum absolute atomic E-state index is 11.4. The van der Waals surface area contributed by atoms with E-state index in [1.54, 1.807) is 0 Å². The molecule has 2 N–H and O–H groups in total. The van der Waals surface area contributed by atoms with Gasteiger partial charge in [0.15, 0.2) is 12.6 Å². The summed E-state index contributed by atoms with van der Waals surface area (Å²) in [5.74, 6) is 0. The molecule has 1 unspecified atom stereocenters. The van der Waals surface area contributed by atoms with Gasteiger partial charge in [-0.25, -0.2) is 0 Å². The fourth-order valence-corrected chi connectivity index (χ4v) is 5.33. The van der Waals surface area contributed by atoms with E-state index in [2.05, 4.69) is 43.4 Å². The first-order valence-electron chi connectivity index (χ1n) is 12.7. The van der Waals surface area contributed by atoms with Gasteiger partial charge in [-0.15, -0.1) is 0 Å². The molecule has 8 heteroatoms. The minimum Gasteiger partial charge on any atom is -0.393 e. The van der Waals surface area contributed by atoms with Crippen LogP contribution in [0.3, 0.4) is 0 Å². The Hall–Kier alpha value is -0.330. The molecule has 2 aliphatic rings. The quantitative estimate of drug-likeness (QED) is 0.217. The molecule has 35 heavy (non-hydrogen) atoms. The molecule has 2 heterocycles. The maximum Gasteiger partial charge on any atom is 0.163 e. The number of hydrogen-bond acceptors (Lipinski definition) is 7. The van der Waals surface area contributed by atoms with E-state index in [0.717, 1.165) is 16.4 Å². The minimum atomic E-state index is -1.30. The van der Waals surface area contributed by atoms with Crippen LogP contribution in [0.5, 0.6) is 0 Å². The van der Waals surface area contributed by atoms with Crippen LogP contribution in [0.15, 0.2) is 30.3 Å². The van der Waals surface area contributed by atoms with Crippen LogP contribution in [0.25, 0.3) is 0 Å². The lowest BCUT2D eigenvalue weighted by Crippen LogP contribution is -2.50. The third kappa shape index (κ3) is 9.48. The average molecular weight is 607 g/mol. The van der Waals surface area contributed by atoms with Gasteiger partial charge in [0.2, 0.25) is 0 Å². The Morgan fingerprint density at radius 2 is 1.54 bits per heavy atom. The summed E-state index contributed by atoms with van der Waals surface area (Å²) in [6.45, 7) is 8.96. The van der Waals surface area contributed by atoms with E-state index in [1.165, 1.54) is 0 Å². The second-order valence-electron chi connectivity index (χ2n) is 11.0. The summed E-state index contributed by atoms with van der Waals surface area (Å²) >= 11 is 2.33. The van der Waals surface area contributed by atoms with Gasteiger partial charge < -0.3 is 33.9 Å². The molecule has 1 aromatic rings. The van der Waals surface area contributed by atoms with Crippen molar-refractivity contribution >= 4 is 22.6 Å². The van der Waals surface area contributed by atoms with Crippen molar-refractivity contribution in [2.45, 2.75) is 109 Å². The van der Waals surface area contributed by atoms with Crippen LogP contribution in [-0.4, -0.2) is 70.5 Å². The van der Waals surface area contributed by atoms with Crippen LogP contribution in [0, 0.1) is 5.41 Å². The molecule has 3 rings (SSSR count). The van der Waals surface area contributed by atoms with Gasteiger partial charge in [-0.1, -0.05) is 73.7 Å². The molecule has 0 aromatic heterocycles. The Morgan fingerprint density at radius 1 is 0.943 bits per heavy atom. The summed E-state index contributed by atoms with van der Waals surface area (Å²) in [6.07, 6.45) is 1.70. The smallest absolute Gasteiger partial charge is 0.163 e. The number of benzene rings is 1. The Bertz CT molecular complexity index is 743. The van der Waals surface area contributed by atoms with Gasteiger partial charge in [-0.3, -0.25) is 0 Å². The number of halogens is 1. The van der Waals surface area contributed by atoms with Crippen molar-refractivity contribution in [2.75, 3.05) is 17.6 Å². The van der Waals surface area contributed by atoms with E-state index >= 15 is 0 Å². The molecule has 0 saturated carbocycles. The SMILES string of the molecule is C[C@@H]1O[C@H](CCOCc2ccccc2)C[C@@H](CC(O)(CO)C[C@H]2C[C@H](CI)O[C@H](C(C)(C)C)O2)O1. The molecule has 200 valence electrons. The fraction of sp³-hybridized carbons (Fsp3) is 0.778. The van der Waals surface area contributed by atoms with Gasteiger partial charge in [0.1, 0.15) is 0 Å². The van der Waals surface area contributed by atoms with E-state index in [1.807, 2.05) is 37.3 Å². The second-order valence-corrected chi connectivity index (χ2v) is 11.9. The summed E-state index contributed by atoms with van der Waals surface area (Å²) in [4.78, 5) is 0. The van der Waals surface area contributed by atoms with Gasteiger partial charge in [0.05, 0.1) is 43.2 Å². The molecule has 0 bridgehead atoms. The molecule has 0 spiro atoms. The highest BCUT2D eigenvalue weighted by Gasteiger charge is 2.42. The van der Waals surface area contributed by atoms with Crippen LogP contribution in [-0.2, 0) is 30.3 Å². The summed E-state index contributed by atoms with van der Waals surface area (Å²) in [5, 5.41) is 21.5. The molecule has 2 fully saturated rings. The van der Waals surface area contributed by atoms with Gasteiger partial charge in [0.25, 0.3) is 0 Å². The Kier molecular flexibility index (Phi) is 11.2. The summed E-state index contributed by atoms with van der Waals surface area (Å²) in [5.41, 5.74) is -0.320. The summed E-state index contributed by atoms with van der Waals surface area (Å²) < 4.78 is 31.0. The van der Waals surface area contributed by atoms with Crippen molar-refractivity contribution in [3.8, 4) is 0 Å². The number of ether oxygens (including phenoxy) is 5. The van der Waals surface area contributed by atoms with Crippen LogP contribution >= 0.6 is 22.6 Å². The largest absolute Gasteiger partial charge is 0.393 e. The predicted octanol–water partition coefficient (Wildman–Crippen LogP) is 4.60. The van der Waals surface area contributed by atoms with Crippen LogP contribution in [0.4, 0.5) is 0 Å². The zero-order valence-electron chi connectivity index (χ0n) is 21.5. The van der Waals surface area contributed by atoms with Crippen LogP contribution < -0.4 is 0 Å². The highest BCUT2D eigenvalue weighted by molar-refractivity contribution is 14.1. The Balaban J connectivity index is 1.51. The van der Waals surface area contributed by atoms with E-state index in [4.69, 9.17) is 23.7 Å². The number of aliphatic hydroxyl groups is 2. The number of aliphatic hydroxyl groups excluding tert-OH is 1. The molecule has 2 saturated heterocycles. The normalized spacial score (nSPS) is 31.7. The van der Waals surface area contributed by atoms with E-state index in [-0.39, 0.29) is 49.0 Å². The standard InChI is InChI=1S/C27H43IO7/c1-19-32-21(10-11-31-17-20-8-6-5-7-9-20)12-22(33-19)14-27(30,18-29)15-23-13-24(16-28)35-25(34-23)26(2,3)4/h5-9,19,21-25,29-30H,10-18H2,1-4H3/t19-,21-,22+,23-,24-,25-,27?/m1/s1. The molecular weight excluding hydrogens is 563 g/mol. The Labute approximate surface area is 224 Å². The topological polar surface area (TPSA) is 86.6 Å². The lowest BCUT2D eigenvalue weighted by atomic mass is 9.86. The lowest BCUT2D eigenvalue weighted by molar-refractivity contribution is -0.284. The summed E-state index contributed by atoms with van der Waals surface area (Å²) in [7, 11) is 0. The lowest BCUT2D eigenvalue weighted by Gasteiger charge is -2.44. The van der Waals surface area contributed by atoms with Crippen molar-refractivity contribution in [1.82, 2.24) is 0 Å². The van der Waals surface area contributed by atoms with Gasteiger partial charge in [-0.2, -0.15) is 0 Å².